The maximum atomic E-state index is 11.7. The second-order valence-electron chi connectivity index (χ2n) is 5.20. The Morgan fingerprint density at radius 2 is 2.06 bits per heavy atom. The fourth-order valence-electron chi connectivity index (χ4n) is 1.68. The molecule has 0 aromatic rings. The van der Waals surface area contributed by atoms with Crippen LogP contribution in [0.2, 0.25) is 0 Å². The number of hydrogen-bond acceptors (Lipinski definition) is 6. The summed E-state index contributed by atoms with van der Waals surface area (Å²) in [5.41, 5.74) is -0.495. The molecule has 1 unspecified atom stereocenters. The first-order valence-electron chi connectivity index (χ1n) is 5.95. The lowest BCUT2D eigenvalue weighted by molar-refractivity contribution is -0.165. The van der Waals surface area contributed by atoms with Crippen LogP contribution in [0.4, 0.5) is 0 Å². The molecule has 0 aromatic heterocycles. The van der Waals surface area contributed by atoms with E-state index in [-0.39, 0.29) is 12.5 Å². The topological polar surface area (TPSA) is 65.1 Å². The molecule has 1 aliphatic heterocycles. The van der Waals surface area contributed by atoms with Crippen molar-refractivity contribution in [1.29, 1.82) is 0 Å². The van der Waals surface area contributed by atoms with Crippen molar-refractivity contribution in [2.45, 2.75) is 32.5 Å². The third-order valence-electron chi connectivity index (χ3n) is 2.39. The summed E-state index contributed by atoms with van der Waals surface area (Å²) in [6.45, 7) is 6.99. The van der Waals surface area contributed by atoms with E-state index >= 15 is 0 Å². The second kappa shape index (κ2) is 6.15. The average molecular weight is 259 g/mol. The van der Waals surface area contributed by atoms with Gasteiger partial charge in [0, 0.05) is 13.1 Å². The van der Waals surface area contributed by atoms with Crippen molar-refractivity contribution in [1.82, 2.24) is 4.90 Å². The zero-order valence-corrected chi connectivity index (χ0v) is 11.4. The van der Waals surface area contributed by atoms with Crippen LogP contribution in [0.15, 0.2) is 0 Å². The van der Waals surface area contributed by atoms with Crippen LogP contribution in [0.5, 0.6) is 0 Å². The third kappa shape index (κ3) is 5.01. The molecule has 6 nitrogen and oxygen atoms in total. The Balaban J connectivity index is 2.43. The molecule has 0 amide bonds. The molecule has 0 saturated carbocycles. The minimum Gasteiger partial charge on any atom is -0.467 e. The van der Waals surface area contributed by atoms with E-state index in [9.17, 15) is 9.59 Å². The number of carbonyl (C=O) groups excluding carboxylic acids is 2. The summed E-state index contributed by atoms with van der Waals surface area (Å²) in [5, 5.41) is 0. The number of carbonyl (C=O) groups is 2. The molecule has 0 aromatic carbocycles. The molecule has 18 heavy (non-hydrogen) atoms. The van der Waals surface area contributed by atoms with Gasteiger partial charge in [-0.05, 0) is 20.8 Å². The van der Waals surface area contributed by atoms with Crippen LogP contribution in [0.25, 0.3) is 0 Å². The van der Waals surface area contributed by atoms with Gasteiger partial charge in [-0.1, -0.05) is 0 Å². The predicted octanol–water partition coefficient (Wildman–Crippen LogP) is 0.202. The van der Waals surface area contributed by atoms with E-state index in [1.807, 2.05) is 25.7 Å². The zero-order chi connectivity index (χ0) is 13.8. The highest BCUT2D eigenvalue weighted by Gasteiger charge is 2.29. The molecule has 1 atom stereocenters. The van der Waals surface area contributed by atoms with Crippen molar-refractivity contribution in [3.05, 3.63) is 0 Å². The van der Waals surface area contributed by atoms with Crippen LogP contribution in [0.1, 0.15) is 20.8 Å². The first-order valence-corrected chi connectivity index (χ1v) is 5.95. The van der Waals surface area contributed by atoms with Crippen LogP contribution in [0, 0.1) is 0 Å². The Kier molecular flexibility index (Phi) is 5.10. The Hall–Kier alpha value is -1.14. The Labute approximate surface area is 107 Å². The molecular formula is C12H21NO5. The van der Waals surface area contributed by atoms with Crippen molar-refractivity contribution in [3.63, 3.8) is 0 Å². The maximum absolute atomic E-state index is 11.7. The largest absolute Gasteiger partial charge is 0.467 e. The van der Waals surface area contributed by atoms with Crippen LogP contribution < -0.4 is 0 Å². The Morgan fingerprint density at radius 1 is 1.39 bits per heavy atom. The summed E-state index contributed by atoms with van der Waals surface area (Å²) in [6, 6.07) is 0. The van der Waals surface area contributed by atoms with Crippen molar-refractivity contribution in [2.24, 2.45) is 0 Å². The number of esters is 2. The summed E-state index contributed by atoms with van der Waals surface area (Å²) in [4.78, 5) is 24.8. The van der Waals surface area contributed by atoms with Crippen LogP contribution in [-0.4, -0.2) is 61.9 Å². The van der Waals surface area contributed by atoms with Gasteiger partial charge in [0.1, 0.15) is 5.60 Å². The van der Waals surface area contributed by atoms with E-state index < -0.39 is 17.7 Å². The summed E-state index contributed by atoms with van der Waals surface area (Å²) in [7, 11) is 1.32. The average Bonchev–Trinajstić information content (AvgIpc) is 2.25. The van der Waals surface area contributed by atoms with Gasteiger partial charge in [-0.15, -0.1) is 0 Å². The maximum Gasteiger partial charge on any atom is 0.336 e. The monoisotopic (exact) mass is 259 g/mol. The quantitative estimate of drug-likeness (QED) is 0.675. The van der Waals surface area contributed by atoms with E-state index in [0.29, 0.717) is 19.7 Å². The van der Waals surface area contributed by atoms with Crippen LogP contribution in [0.3, 0.4) is 0 Å². The number of methoxy groups -OCH3 is 1. The number of ether oxygens (including phenoxy) is 3. The Bertz CT molecular complexity index is 310. The van der Waals surface area contributed by atoms with Gasteiger partial charge in [-0.25, -0.2) is 4.79 Å². The summed E-state index contributed by atoms with van der Waals surface area (Å²) < 4.78 is 15.1. The van der Waals surface area contributed by atoms with Gasteiger partial charge in [0.2, 0.25) is 0 Å². The smallest absolute Gasteiger partial charge is 0.336 e. The molecule has 104 valence electrons. The fourth-order valence-corrected chi connectivity index (χ4v) is 1.68. The molecule has 1 rings (SSSR count). The van der Waals surface area contributed by atoms with Gasteiger partial charge in [0.25, 0.3) is 0 Å². The summed E-state index contributed by atoms with van der Waals surface area (Å²) in [5.74, 6) is -0.711. The lowest BCUT2D eigenvalue weighted by Gasteiger charge is -2.31. The third-order valence-corrected chi connectivity index (χ3v) is 2.39. The Morgan fingerprint density at radius 3 is 2.61 bits per heavy atom. The van der Waals surface area contributed by atoms with Crippen molar-refractivity contribution < 1.29 is 23.8 Å². The van der Waals surface area contributed by atoms with Gasteiger partial charge in [-0.2, -0.15) is 0 Å². The number of morpholine rings is 1. The van der Waals surface area contributed by atoms with Crippen molar-refractivity contribution in [3.8, 4) is 0 Å². The molecule has 1 aliphatic rings. The number of rotatable bonds is 3. The minimum atomic E-state index is -0.619. The standard InChI is InChI=1S/C12H21NO5/c1-12(2,3)18-10(14)8-13-5-6-17-9(7-13)11(15)16-4/h9H,5-8H2,1-4H3. The molecule has 0 aliphatic carbocycles. The summed E-state index contributed by atoms with van der Waals surface area (Å²) in [6.07, 6.45) is -0.619. The van der Waals surface area contributed by atoms with Crippen molar-refractivity contribution in [2.75, 3.05) is 33.4 Å². The van der Waals surface area contributed by atoms with Crippen molar-refractivity contribution >= 4 is 11.9 Å². The van der Waals surface area contributed by atoms with E-state index in [4.69, 9.17) is 9.47 Å². The lowest BCUT2D eigenvalue weighted by Crippen LogP contribution is -2.48. The van der Waals surface area contributed by atoms with E-state index in [1.165, 1.54) is 7.11 Å². The van der Waals surface area contributed by atoms with Gasteiger partial charge in [-0.3, -0.25) is 9.69 Å². The zero-order valence-electron chi connectivity index (χ0n) is 11.4. The first kappa shape index (κ1) is 14.9. The molecule has 0 spiro atoms. The number of hydrogen-bond donors (Lipinski definition) is 0. The highest BCUT2D eigenvalue weighted by atomic mass is 16.6. The predicted molar refractivity (Wildman–Crippen MR) is 64.0 cm³/mol. The molecule has 6 heteroatoms. The van der Waals surface area contributed by atoms with Gasteiger partial charge < -0.3 is 14.2 Å². The van der Waals surface area contributed by atoms with Gasteiger partial charge in [0.05, 0.1) is 20.3 Å². The molecular weight excluding hydrogens is 238 g/mol. The molecule has 0 radical (unpaired) electrons. The second-order valence-corrected chi connectivity index (χ2v) is 5.20. The lowest BCUT2D eigenvalue weighted by atomic mass is 10.2. The molecule has 0 N–H and O–H groups in total. The van der Waals surface area contributed by atoms with Crippen LogP contribution >= 0.6 is 0 Å². The molecule has 0 bridgehead atoms. The molecule has 1 heterocycles. The molecule has 1 saturated heterocycles. The van der Waals surface area contributed by atoms with E-state index in [1.54, 1.807) is 0 Å². The van der Waals surface area contributed by atoms with E-state index in [2.05, 4.69) is 4.74 Å². The minimum absolute atomic E-state index is 0.161. The molecule has 1 fully saturated rings. The van der Waals surface area contributed by atoms with Gasteiger partial charge in [0.15, 0.2) is 6.10 Å². The van der Waals surface area contributed by atoms with E-state index in [0.717, 1.165) is 0 Å². The number of nitrogens with zero attached hydrogens (tertiary/aromatic N) is 1. The highest BCUT2D eigenvalue weighted by molar-refractivity contribution is 5.75. The van der Waals surface area contributed by atoms with Gasteiger partial charge >= 0.3 is 11.9 Å². The fraction of sp³-hybridized carbons (Fsp3) is 0.833. The van der Waals surface area contributed by atoms with Crippen LogP contribution in [-0.2, 0) is 23.8 Å². The first-order chi connectivity index (χ1) is 8.31. The normalized spacial score (nSPS) is 21.4. The SMILES string of the molecule is COC(=O)C1CN(CC(=O)OC(C)(C)C)CCO1. The highest BCUT2D eigenvalue weighted by Crippen LogP contribution is 2.10. The summed E-state index contributed by atoms with van der Waals surface area (Å²) >= 11 is 0.